The van der Waals surface area contributed by atoms with Crippen LogP contribution in [0.15, 0.2) is 70.1 Å². The number of nitrogens with zero attached hydrogens (tertiary/aromatic N) is 5. The van der Waals surface area contributed by atoms with Gasteiger partial charge in [-0.1, -0.05) is 65.8 Å². The number of anilines is 1. The van der Waals surface area contributed by atoms with Crippen molar-refractivity contribution in [2.75, 3.05) is 11.3 Å². The third-order valence-electron chi connectivity index (χ3n) is 9.72. The lowest BCUT2D eigenvalue weighted by Crippen LogP contribution is -2.50. The van der Waals surface area contributed by atoms with E-state index in [0.717, 1.165) is 35.3 Å². The Morgan fingerprint density at radius 3 is 2.31 bits per heavy atom. The first kappa shape index (κ1) is 36.9. The highest BCUT2D eigenvalue weighted by Gasteiger charge is 2.37. The Kier molecular flexibility index (Phi) is 10.7. The minimum absolute atomic E-state index is 0. The molecule has 1 aliphatic carbocycles. The van der Waals surface area contributed by atoms with Crippen molar-refractivity contribution < 1.29 is 23.8 Å². The number of amides is 1. The molecule has 1 amide bonds. The lowest BCUT2D eigenvalue weighted by Gasteiger charge is -2.40. The summed E-state index contributed by atoms with van der Waals surface area (Å²) in [5.41, 5.74) is 5.26. The molecule has 0 radical (unpaired) electrons. The Labute approximate surface area is 307 Å². The molecule has 4 heterocycles. The number of hydrogen-bond donors (Lipinski definition) is 1. The van der Waals surface area contributed by atoms with Crippen molar-refractivity contribution in [1.29, 1.82) is 0 Å². The van der Waals surface area contributed by atoms with E-state index in [0.29, 0.717) is 28.5 Å². The van der Waals surface area contributed by atoms with Gasteiger partial charge in [0.05, 0.1) is 35.1 Å². The first-order valence-electron chi connectivity index (χ1n) is 18.2. The zero-order valence-electron chi connectivity index (χ0n) is 31.2. The summed E-state index contributed by atoms with van der Waals surface area (Å²) in [7, 11) is -4.19. The number of furan rings is 1. The fraction of sp³-hybridized carbons (Fsp3) is 0.425. The second kappa shape index (κ2) is 15.0. The summed E-state index contributed by atoms with van der Waals surface area (Å²) in [5.74, 6) is 1.34. The normalized spacial score (nSPS) is 17.2. The van der Waals surface area contributed by atoms with Gasteiger partial charge in [0.15, 0.2) is 0 Å². The number of hydrogen-bond acceptors (Lipinski definition) is 9. The van der Waals surface area contributed by atoms with E-state index in [4.69, 9.17) is 14.1 Å². The third-order valence-corrected chi connectivity index (χ3v) is 11.0. The molecule has 0 spiro atoms. The Morgan fingerprint density at radius 2 is 1.63 bits per heavy atom. The second-order valence-corrected chi connectivity index (χ2v) is 15.8. The first-order valence-corrected chi connectivity index (χ1v) is 19.6. The highest BCUT2D eigenvalue weighted by molar-refractivity contribution is 7.92. The van der Waals surface area contributed by atoms with E-state index < -0.39 is 16.1 Å². The van der Waals surface area contributed by atoms with Gasteiger partial charge in [-0.3, -0.25) is 4.79 Å². The summed E-state index contributed by atoms with van der Waals surface area (Å²) in [6, 6.07) is 15.2. The molecular weight excluding hydrogens is 677 g/mol. The summed E-state index contributed by atoms with van der Waals surface area (Å²) in [4.78, 5) is 35.0. The summed E-state index contributed by atoms with van der Waals surface area (Å²) in [6.07, 6.45) is 3.83. The lowest BCUT2D eigenvalue weighted by atomic mass is 9.79. The van der Waals surface area contributed by atoms with Crippen molar-refractivity contribution in [3.8, 4) is 17.1 Å². The van der Waals surface area contributed by atoms with Gasteiger partial charge in [-0.05, 0) is 73.8 Å². The number of aromatic nitrogens is 4. The molecule has 1 fully saturated rings. The van der Waals surface area contributed by atoms with Crippen molar-refractivity contribution in [3.63, 3.8) is 0 Å². The molecule has 12 heteroatoms. The highest BCUT2D eigenvalue weighted by atomic mass is 32.2. The van der Waals surface area contributed by atoms with E-state index in [2.05, 4.69) is 47.4 Å². The Hall–Kier alpha value is -4.84. The van der Waals surface area contributed by atoms with Gasteiger partial charge in [0.25, 0.3) is 15.9 Å². The second-order valence-electron chi connectivity index (χ2n) is 14.2. The molecule has 1 unspecified atom stereocenters. The van der Waals surface area contributed by atoms with Crippen LogP contribution in [0.1, 0.15) is 94.7 Å². The summed E-state index contributed by atoms with van der Waals surface area (Å²) >= 11 is 0. The number of ether oxygens (including phenoxy) is 1. The van der Waals surface area contributed by atoms with E-state index in [1.807, 2.05) is 52.0 Å². The number of sulfonamides is 1. The predicted octanol–water partition coefficient (Wildman–Crippen LogP) is 8.58. The minimum Gasteiger partial charge on any atom is -0.475 e. The molecule has 276 valence electrons. The molecule has 11 nitrogen and oxygen atoms in total. The van der Waals surface area contributed by atoms with Crippen molar-refractivity contribution >= 4 is 33.1 Å². The molecule has 1 aliphatic heterocycles. The number of nitrogens with one attached hydrogen (secondary N) is 1. The van der Waals surface area contributed by atoms with Gasteiger partial charge in [-0.2, -0.15) is 4.98 Å². The maximum Gasteiger partial charge on any atom is 0.264 e. The SMILES string of the molecule is CC.Cc1cccc(C)c1-c1cc2nc(n1)NS(=O)(=O)c1cccc(c1)C(=O)N(Cc1cnc3oc(C4CC4)cc3n1)C(C(C(C)C)C(C)C)CO2.[HH]. The number of carbonyl (C=O) groups excluding carboxylic acids is 1. The quantitative estimate of drug-likeness (QED) is 0.175. The van der Waals surface area contributed by atoms with Crippen molar-refractivity contribution in [1.82, 2.24) is 24.8 Å². The first-order chi connectivity index (χ1) is 24.9. The van der Waals surface area contributed by atoms with Gasteiger partial charge in [-0.15, -0.1) is 0 Å². The Balaban J connectivity index is 0.00000178. The molecule has 2 aromatic carbocycles. The molecule has 5 aromatic rings. The van der Waals surface area contributed by atoms with Gasteiger partial charge in [0.2, 0.25) is 17.5 Å². The Morgan fingerprint density at radius 1 is 0.942 bits per heavy atom. The molecular formula is C40H50N6O5S. The topological polar surface area (TPSA) is 140 Å². The van der Waals surface area contributed by atoms with Gasteiger partial charge < -0.3 is 14.1 Å². The molecule has 3 aromatic heterocycles. The van der Waals surface area contributed by atoms with E-state index in [1.165, 1.54) is 12.1 Å². The van der Waals surface area contributed by atoms with Gasteiger partial charge in [-0.25, -0.2) is 28.1 Å². The van der Waals surface area contributed by atoms with E-state index in [9.17, 15) is 13.2 Å². The van der Waals surface area contributed by atoms with Crippen LogP contribution in [-0.2, 0) is 16.6 Å². The average molecular weight is 727 g/mol. The number of fused-ring (bicyclic) bond motifs is 5. The van der Waals surface area contributed by atoms with E-state index in [1.54, 1.807) is 29.3 Å². The molecule has 0 saturated heterocycles. The molecule has 1 atom stereocenters. The van der Waals surface area contributed by atoms with Crippen LogP contribution in [0.25, 0.3) is 22.5 Å². The van der Waals surface area contributed by atoms with Crippen LogP contribution in [0.5, 0.6) is 5.88 Å². The van der Waals surface area contributed by atoms with E-state index in [-0.39, 0.29) is 60.5 Å². The van der Waals surface area contributed by atoms with Gasteiger partial charge in [0.1, 0.15) is 17.9 Å². The fourth-order valence-corrected chi connectivity index (χ4v) is 8.30. The largest absolute Gasteiger partial charge is 0.475 e. The minimum atomic E-state index is -4.19. The number of benzene rings is 2. The monoisotopic (exact) mass is 726 g/mol. The third kappa shape index (κ3) is 7.67. The molecule has 1 saturated carbocycles. The Bertz CT molecular complexity index is 2170. The smallest absolute Gasteiger partial charge is 0.264 e. The standard InChI is InChI=1S/C38H42N6O5S.C2H6.H2/c1-21(2)34(22(3)4)31-20-48-33-17-29(35-23(5)9-7-10-24(35)6)41-38(42-33)43-50(46,47)28-12-8-11-26(15-28)37(45)44(31)19-27-18-39-36-30(40-27)16-32(49-36)25-13-14-25;1-2;/h7-12,15-18,21-22,25,31,34H,13-14,19-20H2,1-6H3,(H,41,42,43);1-2H3;1H. The summed E-state index contributed by atoms with van der Waals surface area (Å²) < 4.78 is 42.6. The van der Waals surface area contributed by atoms with Crippen LogP contribution in [0.4, 0.5) is 5.95 Å². The van der Waals surface area contributed by atoms with Crippen LogP contribution in [-0.4, -0.2) is 51.8 Å². The predicted molar refractivity (Wildman–Crippen MR) is 204 cm³/mol. The van der Waals surface area contributed by atoms with Crippen molar-refractivity contribution in [3.05, 3.63) is 88.9 Å². The molecule has 2 aliphatic rings. The lowest BCUT2D eigenvalue weighted by molar-refractivity contribution is 0.0307. The van der Waals surface area contributed by atoms with Gasteiger partial charge >= 0.3 is 0 Å². The van der Waals surface area contributed by atoms with E-state index >= 15 is 0 Å². The van der Waals surface area contributed by atoms with Crippen LogP contribution < -0.4 is 9.46 Å². The molecule has 7 rings (SSSR count). The molecule has 4 bridgehead atoms. The number of aryl methyl sites for hydroxylation is 2. The zero-order valence-corrected chi connectivity index (χ0v) is 32.0. The zero-order chi connectivity index (χ0) is 37.3. The maximum absolute atomic E-state index is 14.7. The van der Waals surface area contributed by atoms with Crippen LogP contribution in [0.2, 0.25) is 0 Å². The molecule has 1 N–H and O–H groups in total. The van der Waals surface area contributed by atoms with Crippen LogP contribution in [0.3, 0.4) is 0 Å². The number of carbonyl (C=O) groups is 1. The fourth-order valence-electron chi connectivity index (χ4n) is 7.31. The highest BCUT2D eigenvalue weighted by Crippen LogP contribution is 2.42. The van der Waals surface area contributed by atoms with Gasteiger partial charge in [0, 0.05) is 30.6 Å². The van der Waals surface area contributed by atoms with Crippen LogP contribution in [0, 0.1) is 31.6 Å². The van der Waals surface area contributed by atoms with Crippen LogP contribution >= 0.6 is 0 Å². The summed E-state index contributed by atoms with van der Waals surface area (Å²) in [6.45, 7) is 16.7. The maximum atomic E-state index is 14.7. The average Bonchev–Trinajstić information content (AvgIpc) is 3.87. The summed E-state index contributed by atoms with van der Waals surface area (Å²) in [5, 5.41) is 0. The number of rotatable bonds is 7. The van der Waals surface area contributed by atoms with Crippen molar-refractivity contribution in [2.45, 2.75) is 91.6 Å². The molecule has 52 heavy (non-hydrogen) atoms. The van der Waals surface area contributed by atoms with Crippen molar-refractivity contribution in [2.24, 2.45) is 17.8 Å².